The third kappa shape index (κ3) is 3.29. The number of sulfone groups is 1. The Kier molecular flexibility index (Phi) is 4.58. The minimum Gasteiger partial charge on any atom is -0.508 e. The predicted molar refractivity (Wildman–Crippen MR) is 102 cm³/mol. The quantitative estimate of drug-likeness (QED) is 0.574. The number of rotatable bonds is 3. The zero-order chi connectivity index (χ0) is 20.9. The molecule has 8 nitrogen and oxygen atoms in total. The summed E-state index contributed by atoms with van der Waals surface area (Å²) in [6.45, 7) is 7.22. The van der Waals surface area contributed by atoms with E-state index in [9.17, 15) is 23.7 Å². The van der Waals surface area contributed by atoms with Crippen LogP contribution in [0, 0.1) is 6.92 Å². The SMILES string of the molecule is Cc1c(S(=O)(=O)c2ccc(C(C)(C)C)c(O)c2)nnn1-c1cc(O)ccc1O. The van der Waals surface area contributed by atoms with E-state index in [-0.39, 0.29) is 44.0 Å². The molecule has 0 radical (unpaired) electrons. The monoisotopic (exact) mass is 403 g/mol. The standard InChI is InChI=1S/C19H21N3O5S/c1-11-18(20-21-22(11)15-9-12(23)5-8-16(15)24)28(26,27)13-6-7-14(17(25)10-13)19(2,3)4/h5-10,23-25H,1-4H3. The van der Waals surface area contributed by atoms with Crippen LogP contribution in [0.1, 0.15) is 32.0 Å². The van der Waals surface area contributed by atoms with Gasteiger partial charge in [-0.25, -0.2) is 13.1 Å². The van der Waals surface area contributed by atoms with Crippen molar-refractivity contribution in [1.29, 1.82) is 0 Å². The van der Waals surface area contributed by atoms with Crippen LogP contribution in [0.25, 0.3) is 5.69 Å². The van der Waals surface area contributed by atoms with Gasteiger partial charge in [0.05, 0.1) is 10.6 Å². The molecule has 3 aromatic rings. The van der Waals surface area contributed by atoms with Gasteiger partial charge < -0.3 is 15.3 Å². The van der Waals surface area contributed by atoms with Crippen LogP contribution >= 0.6 is 0 Å². The van der Waals surface area contributed by atoms with Crippen LogP contribution in [-0.4, -0.2) is 38.7 Å². The summed E-state index contributed by atoms with van der Waals surface area (Å²) in [7, 11) is -4.06. The molecule has 0 saturated carbocycles. The fourth-order valence-corrected chi connectivity index (χ4v) is 4.25. The topological polar surface area (TPSA) is 126 Å². The van der Waals surface area contributed by atoms with Crippen LogP contribution in [0.2, 0.25) is 0 Å². The highest BCUT2D eigenvalue weighted by Crippen LogP contribution is 2.34. The number of phenols is 3. The Morgan fingerprint density at radius 3 is 2.25 bits per heavy atom. The number of hydrogen-bond donors (Lipinski definition) is 3. The highest BCUT2D eigenvalue weighted by molar-refractivity contribution is 7.91. The van der Waals surface area contributed by atoms with Gasteiger partial charge in [0, 0.05) is 6.07 Å². The Hall–Kier alpha value is -3.07. The van der Waals surface area contributed by atoms with Gasteiger partial charge in [-0.2, -0.15) is 0 Å². The van der Waals surface area contributed by atoms with Crippen molar-refractivity contribution in [3.63, 3.8) is 0 Å². The first kappa shape index (κ1) is 19.7. The number of benzene rings is 2. The molecule has 0 aliphatic heterocycles. The van der Waals surface area contributed by atoms with Gasteiger partial charge in [-0.15, -0.1) is 5.10 Å². The molecule has 0 amide bonds. The average Bonchev–Trinajstić information content (AvgIpc) is 2.98. The average molecular weight is 403 g/mol. The number of aromatic hydroxyl groups is 3. The van der Waals surface area contributed by atoms with Crippen molar-refractivity contribution in [3.8, 4) is 22.9 Å². The second-order valence-electron chi connectivity index (χ2n) is 7.50. The molecule has 0 aliphatic carbocycles. The Bertz CT molecular complexity index is 1160. The summed E-state index contributed by atoms with van der Waals surface area (Å²) >= 11 is 0. The van der Waals surface area contributed by atoms with Crippen LogP contribution in [0.15, 0.2) is 46.3 Å². The first-order valence-electron chi connectivity index (χ1n) is 8.46. The van der Waals surface area contributed by atoms with E-state index < -0.39 is 9.84 Å². The first-order chi connectivity index (χ1) is 12.9. The molecular weight excluding hydrogens is 382 g/mol. The third-order valence-corrected chi connectivity index (χ3v) is 6.14. The molecule has 28 heavy (non-hydrogen) atoms. The van der Waals surface area contributed by atoms with E-state index in [1.807, 2.05) is 20.8 Å². The van der Waals surface area contributed by atoms with Gasteiger partial charge in [-0.05, 0) is 42.2 Å². The third-order valence-electron chi connectivity index (χ3n) is 4.38. The van der Waals surface area contributed by atoms with E-state index in [0.717, 1.165) is 4.68 Å². The van der Waals surface area contributed by atoms with E-state index in [1.54, 1.807) is 6.07 Å². The van der Waals surface area contributed by atoms with E-state index in [2.05, 4.69) is 10.3 Å². The lowest BCUT2D eigenvalue weighted by molar-refractivity contribution is 0.444. The molecule has 1 aromatic heterocycles. The smallest absolute Gasteiger partial charge is 0.227 e. The number of phenolic OH excluding ortho intramolecular Hbond substituents is 3. The highest BCUT2D eigenvalue weighted by Gasteiger charge is 2.28. The van der Waals surface area contributed by atoms with E-state index in [0.29, 0.717) is 5.56 Å². The summed E-state index contributed by atoms with van der Waals surface area (Å²) < 4.78 is 27.2. The van der Waals surface area contributed by atoms with E-state index in [1.165, 1.54) is 37.3 Å². The van der Waals surface area contributed by atoms with Crippen molar-refractivity contribution in [2.45, 2.75) is 43.0 Å². The largest absolute Gasteiger partial charge is 0.508 e. The maximum Gasteiger partial charge on any atom is 0.227 e. The minimum atomic E-state index is -4.06. The fraction of sp³-hybridized carbons (Fsp3) is 0.263. The predicted octanol–water partition coefficient (Wildman–Crippen LogP) is 2.82. The molecule has 0 saturated heterocycles. The molecule has 0 bridgehead atoms. The molecular formula is C19H21N3O5S. The van der Waals surface area contributed by atoms with Gasteiger partial charge in [0.25, 0.3) is 0 Å². The number of hydrogen-bond acceptors (Lipinski definition) is 7. The number of aromatic nitrogens is 3. The van der Waals surface area contributed by atoms with Gasteiger partial charge >= 0.3 is 0 Å². The summed E-state index contributed by atoms with van der Waals surface area (Å²) in [6.07, 6.45) is 0. The van der Waals surface area contributed by atoms with Crippen LogP contribution in [0.3, 0.4) is 0 Å². The first-order valence-corrected chi connectivity index (χ1v) is 9.94. The Balaban J connectivity index is 2.11. The Morgan fingerprint density at radius 2 is 1.64 bits per heavy atom. The lowest BCUT2D eigenvalue weighted by Gasteiger charge is -2.20. The van der Waals surface area contributed by atoms with Crippen LogP contribution in [0.4, 0.5) is 0 Å². The second kappa shape index (κ2) is 6.52. The minimum absolute atomic E-state index is 0.0948. The summed E-state index contributed by atoms with van der Waals surface area (Å²) in [4.78, 5) is -0.117. The zero-order valence-corrected chi connectivity index (χ0v) is 16.7. The molecule has 148 valence electrons. The normalized spacial score (nSPS) is 12.3. The second-order valence-corrected chi connectivity index (χ2v) is 9.36. The van der Waals surface area contributed by atoms with Crippen molar-refractivity contribution in [2.24, 2.45) is 0 Å². The van der Waals surface area contributed by atoms with Crippen molar-refractivity contribution >= 4 is 9.84 Å². The molecule has 1 heterocycles. The van der Waals surface area contributed by atoms with Crippen LogP contribution in [-0.2, 0) is 15.3 Å². The highest BCUT2D eigenvalue weighted by atomic mass is 32.2. The lowest BCUT2D eigenvalue weighted by atomic mass is 9.86. The Labute approximate surface area is 162 Å². The van der Waals surface area contributed by atoms with Crippen molar-refractivity contribution in [2.75, 3.05) is 0 Å². The van der Waals surface area contributed by atoms with Gasteiger partial charge in [0.15, 0.2) is 0 Å². The zero-order valence-electron chi connectivity index (χ0n) is 15.9. The molecule has 0 unspecified atom stereocenters. The number of nitrogens with zero attached hydrogens (tertiary/aromatic N) is 3. The van der Waals surface area contributed by atoms with Gasteiger partial charge in [0.2, 0.25) is 14.9 Å². The lowest BCUT2D eigenvalue weighted by Crippen LogP contribution is -2.12. The maximum absolute atomic E-state index is 13.0. The van der Waals surface area contributed by atoms with Crippen LogP contribution in [0.5, 0.6) is 17.2 Å². The summed E-state index contributed by atoms with van der Waals surface area (Å²) in [6, 6.07) is 7.99. The summed E-state index contributed by atoms with van der Waals surface area (Å²) in [5, 5.41) is 37.2. The van der Waals surface area contributed by atoms with Gasteiger partial charge in [-0.1, -0.05) is 32.1 Å². The molecule has 3 rings (SSSR count). The Morgan fingerprint density at radius 1 is 0.964 bits per heavy atom. The molecule has 0 spiro atoms. The van der Waals surface area contributed by atoms with Crippen molar-refractivity contribution < 1.29 is 23.7 Å². The van der Waals surface area contributed by atoms with Crippen molar-refractivity contribution in [1.82, 2.24) is 15.0 Å². The fourth-order valence-electron chi connectivity index (χ4n) is 2.90. The molecule has 2 aromatic carbocycles. The molecule has 0 atom stereocenters. The molecule has 0 fully saturated rings. The summed E-state index contributed by atoms with van der Waals surface area (Å²) in [5.41, 5.74) is 0.521. The van der Waals surface area contributed by atoms with Crippen molar-refractivity contribution in [3.05, 3.63) is 47.7 Å². The summed E-state index contributed by atoms with van der Waals surface area (Å²) in [5.74, 6) is -0.430. The van der Waals surface area contributed by atoms with E-state index >= 15 is 0 Å². The maximum atomic E-state index is 13.0. The molecule has 3 N–H and O–H groups in total. The van der Waals surface area contributed by atoms with Crippen LogP contribution < -0.4 is 0 Å². The van der Waals surface area contributed by atoms with E-state index in [4.69, 9.17) is 0 Å². The molecule has 9 heteroatoms. The van der Waals surface area contributed by atoms with Gasteiger partial charge in [-0.3, -0.25) is 0 Å². The van der Waals surface area contributed by atoms with Gasteiger partial charge in [0.1, 0.15) is 22.9 Å². The molecule has 0 aliphatic rings.